The average Bonchev–Trinajstić information content (AvgIpc) is 2.76. The van der Waals surface area contributed by atoms with Crippen molar-refractivity contribution in [1.82, 2.24) is 0 Å². The molecule has 0 aromatic carbocycles. The zero-order valence-electron chi connectivity index (χ0n) is 16.6. The summed E-state index contributed by atoms with van der Waals surface area (Å²) < 4.78 is 20.5. The Kier molecular flexibility index (Phi) is 8.04. The topological polar surface area (TPSA) is 105 Å². The predicted molar refractivity (Wildman–Crippen MR) is 105 cm³/mol. The molecule has 2 aliphatic heterocycles. The molecule has 0 spiro atoms. The van der Waals surface area contributed by atoms with Gasteiger partial charge in [0.25, 0.3) is 0 Å². The van der Waals surface area contributed by atoms with Crippen molar-refractivity contribution < 1.29 is 38.1 Å². The van der Waals surface area contributed by atoms with Crippen LogP contribution in [0.15, 0.2) is 42.8 Å². The minimum atomic E-state index is -1.84. The van der Waals surface area contributed by atoms with Crippen molar-refractivity contribution in [3.63, 3.8) is 0 Å². The Hall–Kier alpha value is -2.12. The SMILES string of the molecule is COC(=O)C1=CC(=C2C=C(C(=O)OC)[Se+](C)C(C(=O)OC)C2)C=C(C(=O)OC)[Se]1. The van der Waals surface area contributed by atoms with Crippen LogP contribution in [0.1, 0.15) is 6.42 Å². The molecule has 2 atom stereocenters. The van der Waals surface area contributed by atoms with Crippen molar-refractivity contribution in [2.24, 2.45) is 0 Å². The molecular formula is C19H21O8Se2+. The summed E-state index contributed by atoms with van der Waals surface area (Å²) in [6.45, 7) is 0. The first kappa shape index (κ1) is 23.2. The Bertz CT molecular complexity index is 831. The van der Waals surface area contributed by atoms with Crippen LogP contribution in [-0.2, 0) is 38.1 Å². The van der Waals surface area contributed by atoms with E-state index in [1.165, 1.54) is 28.4 Å². The van der Waals surface area contributed by atoms with E-state index in [1.807, 2.05) is 5.82 Å². The predicted octanol–water partition coefficient (Wildman–Crippen LogP) is 0.825. The molecule has 2 unspecified atom stereocenters. The fourth-order valence-electron chi connectivity index (χ4n) is 2.73. The standard InChI is InChI=1S/C19H21O8Se2/c1-24-16(20)12-6-10(7-13(28-12)17(21)25-2)11-8-14(18(22)26-3)29(5)15(9-11)19(23)27-4/h6-8,15H,9H2,1-5H3/q+1. The minimum absolute atomic E-state index is 0.326. The zero-order chi connectivity index (χ0) is 21.7. The van der Waals surface area contributed by atoms with Crippen LogP contribution in [0, 0.1) is 0 Å². The number of carbonyl (C=O) groups excluding carboxylic acids is 4. The van der Waals surface area contributed by atoms with Gasteiger partial charge in [-0.05, 0) is 0 Å². The molecular weight excluding hydrogens is 514 g/mol. The number of ether oxygens (including phenoxy) is 4. The molecule has 2 rings (SSSR count). The maximum absolute atomic E-state index is 12.3. The molecule has 0 aromatic heterocycles. The summed E-state index contributed by atoms with van der Waals surface area (Å²) >= 11 is -2.42. The van der Waals surface area contributed by atoms with Crippen molar-refractivity contribution in [2.45, 2.75) is 17.1 Å². The third-order valence-corrected chi connectivity index (χ3v) is 11.0. The Morgan fingerprint density at radius 2 is 1.38 bits per heavy atom. The van der Waals surface area contributed by atoms with E-state index in [1.54, 1.807) is 18.2 Å². The molecule has 0 fully saturated rings. The molecule has 0 radical (unpaired) electrons. The van der Waals surface area contributed by atoms with Gasteiger partial charge in [-0.15, -0.1) is 0 Å². The van der Waals surface area contributed by atoms with Crippen molar-refractivity contribution in [3.05, 3.63) is 42.8 Å². The number of hydrogen-bond acceptors (Lipinski definition) is 8. The van der Waals surface area contributed by atoms with Crippen molar-refractivity contribution in [3.8, 4) is 0 Å². The first-order chi connectivity index (χ1) is 13.8. The second kappa shape index (κ2) is 10.1. The number of methoxy groups -OCH3 is 4. The summed E-state index contributed by atoms with van der Waals surface area (Å²) in [6, 6.07) is 0. The molecule has 29 heavy (non-hydrogen) atoms. The van der Waals surface area contributed by atoms with E-state index in [4.69, 9.17) is 18.9 Å². The van der Waals surface area contributed by atoms with E-state index in [0.717, 1.165) is 0 Å². The van der Waals surface area contributed by atoms with E-state index >= 15 is 0 Å². The summed E-state index contributed by atoms with van der Waals surface area (Å²) in [5.74, 6) is -0.117. The fourth-order valence-corrected chi connectivity index (χ4v) is 8.47. The number of carbonyl (C=O) groups is 4. The molecule has 0 aromatic rings. The third kappa shape index (κ3) is 5.08. The third-order valence-electron chi connectivity index (χ3n) is 4.27. The summed E-state index contributed by atoms with van der Waals surface area (Å²) in [7, 11) is 5.11. The van der Waals surface area contributed by atoms with Gasteiger partial charge in [0, 0.05) is 0 Å². The van der Waals surface area contributed by atoms with Crippen LogP contribution < -0.4 is 0 Å². The van der Waals surface area contributed by atoms with Crippen LogP contribution >= 0.6 is 0 Å². The molecule has 2 heterocycles. The number of hydrogen-bond donors (Lipinski definition) is 0. The summed E-state index contributed by atoms with van der Waals surface area (Å²) in [5, 5.41) is 0. The van der Waals surface area contributed by atoms with Gasteiger partial charge in [0.2, 0.25) is 0 Å². The van der Waals surface area contributed by atoms with E-state index in [2.05, 4.69) is 0 Å². The first-order valence-electron chi connectivity index (χ1n) is 8.30. The van der Waals surface area contributed by atoms with Crippen LogP contribution in [0.4, 0.5) is 0 Å². The monoisotopic (exact) mass is 537 g/mol. The van der Waals surface area contributed by atoms with Gasteiger partial charge < -0.3 is 0 Å². The Balaban J connectivity index is 2.67. The molecule has 156 valence electrons. The molecule has 0 N–H and O–H groups in total. The molecule has 0 aliphatic carbocycles. The van der Waals surface area contributed by atoms with Crippen LogP contribution in [0.3, 0.4) is 0 Å². The van der Waals surface area contributed by atoms with E-state index in [-0.39, 0.29) is 0 Å². The second-order valence-electron chi connectivity index (χ2n) is 5.86. The fraction of sp³-hybridized carbons (Fsp3) is 0.368. The molecule has 2 aliphatic rings. The summed E-state index contributed by atoms with van der Waals surface area (Å²) in [6.07, 6.45) is 5.28. The van der Waals surface area contributed by atoms with Crippen LogP contribution in [0.25, 0.3) is 0 Å². The Morgan fingerprint density at radius 3 is 1.83 bits per heavy atom. The Morgan fingerprint density at radius 1 is 0.862 bits per heavy atom. The number of rotatable bonds is 4. The molecule has 10 heteroatoms. The number of allylic oxidation sites excluding steroid dienone is 5. The normalized spacial score (nSPS) is 21.3. The summed E-state index contributed by atoms with van der Waals surface area (Å²) in [5.41, 5.74) is 1.19. The van der Waals surface area contributed by atoms with Crippen molar-refractivity contribution in [2.75, 3.05) is 28.4 Å². The second-order valence-corrected chi connectivity index (χ2v) is 12.6. The van der Waals surface area contributed by atoms with E-state index in [9.17, 15) is 19.2 Å². The molecule has 0 saturated heterocycles. The van der Waals surface area contributed by atoms with Gasteiger partial charge in [-0.2, -0.15) is 0 Å². The van der Waals surface area contributed by atoms with Gasteiger partial charge >= 0.3 is 179 Å². The van der Waals surface area contributed by atoms with Crippen LogP contribution in [0.5, 0.6) is 0 Å². The van der Waals surface area contributed by atoms with Crippen LogP contribution in [0.2, 0.25) is 10.6 Å². The maximum atomic E-state index is 12.3. The quantitative estimate of drug-likeness (QED) is 0.296. The number of esters is 4. The first-order valence-corrected chi connectivity index (χ1v) is 13.6. The van der Waals surface area contributed by atoms with Crippen molar-refractivity contribution in [1.29, 1.82) is 0 Å². The van der Waals surface area contributed by atoms with Gasteiger partial charge in [-0.3, -0.25) is 0 Å². The van der Waals surface area contributed by atoms with E-state index in [0.29, 0.717) is 31.0 Å². The molecule has 0 saturated carbocycles. The van der Waals surface area contributed by atoms with Gasteiger partial charge in [0.15, 0.2) is 0 Å². The van der Waals surface area contributed by atoms with Crippen molar-refractivity contribution >= 4 is 52.7 Å². The average molecular weight is 535 g/mol. The van der Waals surface area contributed by atoms with E-state index < -0.39 is 57.6 Å². The molecule has 8 nitrogen and oxygen atoms in total. The van der Waals surface area contributed by atoms with Gasteiger partial charge in [-0.1, -0.05) is 0 Å². The van der Waals surface area contributed by atoms with Gasteiger partial charge in [0.1, 0.15) is 0 Å². The van der Waals surface area contributed by atoms with Gasteiger partial charge in [0.05, 0.1) is 0 Å². The molecule has 0 bridgehead atoms. The van der Waals surface area contributed by atoms with Crippen LogP contribution in [-0.4, -0.2) is 81.2 Å². The Labute approximate surface area is 179 Å². The summed E-state index contributed by atoms with van der Waals surface area (Å²) in [4.78, 5) is 48.3. The molecule has 0 amide bonds. The van der Waals surface area contributed by atoms with Gasteiger partial charge in [-0.25, -0.2) is 0 Å². The zero-order valence-corrected chi connectivity index (χ0v) is 20.0.